The van der Waals surface area contributed by atoms with Crippen LogP contribution in [0.3, 0.4) is 0 Å². The zero-order chi connectivity index (χ0) is 15.6. The maximum atomic E-state index is 5.51. The highest BCUT2D eigenvalue weighted by atomic mass is 16.5. The summed E-state index contributed by atoms with van der Waals surface area (Å²) in [7, 11) is 0. The summed E-state index contributed by atoms with van der Waals surface area (Å²) < 4.78 is 7.39. The van der Waals surface area contributed by atoms with E-state index in [0.29, 0.717) is 6.04 Å². The molecule has 0 bridgehead atoms. The van der Waals surface area contributed by atoms with Crippen LogP contribution < -0.4 is 0 Å². The summed E-state index contributed by atoms with van der Waals surface area (Å²) in [5.41, 5.74) is 3.21. The lowest BCUT2D eigenvalue weighted by atomic mass is 9.94. The van der Waals surface area contributed by atoms with Crippen LogP contribution in [-0.4, -0.2) is 45.8 Å². The second-order valence-electron chi connectivity index (χ2n) is 7.00. The molecule has 2 aromatic heterocycles. The lowest BCUT2D eigenvalue weighted by Gasteiger charge is -2.38. The molecule has 2 saturated heterocycles. The number of aromatic nitrogens is 3. The number of likely N-dealkylation sites (tertiary alicyclic amines) is 1. The highest BCUT2D eigenvalue weighted by Crippen LogP contribution is 2.32. The maximum absolute atomic E-state index is 5.51. The molecule has 2 fully saturated rings. The largest absolute Gasteiger partial charge is 0.381 e. The van der Waals surface area contributed by atoms with Crippen molar-refractivity contribution in [1.82, 2.24) is 19.5 Å². The predicted molar refractivity (Wildman–Crippen MR) is 89.4 cm³/mol. The minimum absolute atomic E-state index is 0.465. The summed E-state index contributed by atoms with van der Waals surface area (Å²) >= 11 is 0. The fourth-order valence-electron chi connectivity index (χ4n) is 4.00. The molecule has 23 heavy (non-hydrogen) atoms. The van der Waals surface area contributed by atoms with Crippen molar-refractivity contribution in [3.8, 4) is 0 Å². The smallest absolute Gasteiger partial charge is 0.155 e. The summed E-state index contributed by atoms with van der Waals surface area (Å²) in [5, 5.41) is 4.44. The molecule has 2 aromatic rings. The second kappa shape index (κ2) is 6.57. The number of nitrogens with zero attached hydrogens (tertiary/aromatic N) is 4. The lowest BCUT2D eigenvalue weighted by Crippen LogP contribution is -2.38. The molecule has 0 aromatic carbocycles. The van der Waals surface area contributed by atoms with Crippen molar-refractivity contribution in [2.75, 3.05) is 26.3 Å². The predicted octanol–water partition coefficient (Wildman–Crippen LogP) is 2.99. The molecular weight excluding hydrogens is 288 g/mol. The van der Waals surface area contributed by atoms with Crippen LogP contribution in [0, 0.1) is 12.8 Å². The van der Waals surface area contributed by atoms with Gasteiger partial charge in [0.2, 0.25) is 0 Å². The fraction of sp³-hybridized carbons (Fsp3) is 0.667. The Hall–Kier alpha value is -1.46. The molecule has 2 aliphatic rings. The fourth-order valence-corrected chi connectivity index (χ4v) is 4.00. The topological polar surface area (TPSA) is 42.7 Å². The number of aryl methyl sites for hydroxylation is 1. The van der Waals surface area contributed by atoms with E-state index < -0.39 is 0 Å². The van der Waals surface area contributed by atoms with Gasteiger partial charge in [-0.1, -0.05) is 6.42 Å². The van der Waals surface area contributed by atoms with Gasteiger partial charge in [-0.15, -0.1) is 0 Å². The molecule has 0 N–H and O–H groups in total. The van der Waals surface area contributed by atoms with Crippen molar-refractivity contribution < 1.29 is 4.74 Å². The van der Waals surface area contributed by atoms with Crippen LogP contribution in [0.5, 0.6) is 0 Å². The summed E-state index contributed by atoms with van der Waals surface area (Å²) in [6, 6.07) is 4.69. The molecular formula is C18H26N4O. The first-order valence-corrected chi connectivity index (χ1v) is 8.94. The molecule has 1 atom stereocenters. The number of hydrogen-bond acceptors (Lipinski definition) is 4. The van der Waals surface area contributed by atoms with Crippen molar-refractivity contribution in [1.29, 1.82) is 0 Å². The third kappa shape index (κ3) is 3.26. The Labute approximate surface area is 137 Å². The van der Waals surface area contributed by atoms with Crippen LogP contribution in [0.2, 0.25) is 0 Å². The molecule has 0 spiro atoms. The molecule has 0 aliphatic carbocycles. The Morgan fingerprint density at radius 1 is 1.22 bits per heavy atom. The molecule has 0 saturated carbocycles. The highest BCUT2D eigenvalue weighted by Gasteiger charge is 2.28. The van der Waals surface area contributed by atoms with Crippen molar-refractivity contribution >= 4 is 5.65 Å². The average Bonchev–Trinajstić information content (AvgIpc) is 2.95. The van der Waals surface area contributed by atoms with E-state index in [1.807, 2.05) is 11.4 Å². The zero-order valence-electron chi connectivity index (χ0n) is 13.9. The lowest BCUT2D eigenvalue weighted by molar-refractivity contribution is 0.0377. The van der Waals surface area contributed by atoms with Crippen LogP contribution in [0.25, 0.3) is 5.65 Å². The van der Waals surface area contributed by atoms with Gasteiger partial charge in [-0.25, -0.2) is 9.50 Å². The van der Waals surface area contributed by atoms with Gasteiger partial charge in [0, 0.05) is 32.0 Å². The minimum Gasteiger partial charge on any atom is -0.381 e. The Bertz CT molecular complexity index is 662. The average molecular weight is 314 g/mol. The minimum atomic E-state index is 0.465. The molecule has 0 amide bonds. The van der Waals surface area contributed by atoms with Crippen LogP contribution in [0.4, 0.5) is 0 Å². The van der Waals surface area contributed by atoms with E-state index in [9.17, 15) is 0 Å². The molecule has 4 rings (SSSR count). The van der Waals surface area contributed by atoms with Crippen LogP contribution >= 0.6 is 0 Å². The van der Waals surface area contributed by atoms with E-state index in [-0.39, 0.29) is 0 Å². The summed E-state index contributed by atoms with van der Waals surface area (Å²) in [6.45, 7) is 6.28. The zero-order valence-corrected chi connectivity index (χ0v) is 13.9. The van der Waals surface area contributed by atoms with Gasteiger partial charge < -0.3 is 4.74 Å². The van der Waals surface area contributed by atoms with E-state index >= 15 is 0 Å². The van der Waals surface area contributed by atoms with Crippen molar-refractivity contribution in [2.24, 2.45) is 5.92 Å². The van der Waals surface area contributed by atoms with Gasteiger partial charge in [-0.3, -0.25) is 4.90 Å². The quantitative estimate of drug-likeness (QED) is 0.873. The number of ether oxygens (including phenoxy) is 1. The van der Waals surface area contributed by atoms with Gasteiger partial charge in [0.05, 0.1) is 17.4 Å². The van der Waals surface area contributed by atoms with Crippen molar-refractivity contribution in [3.63, 3.8) is 0 Å². The standard InChI is InChI=1S/C18H26N4O/c1-14-12-18-19-16(5-9-22(18)20-14)17-4-2-3-8-21(17)13-15-6-10-23-11-7-15/h5,9,12,15,17H,2-4,6-8,10-11,13H2,1H3/t17-/m0/s1. The first-order valence-electron chi connectivity index (χ1n) is 8.94. The first-order chi connectivity index (χ1) is 11.3. The Kier molecular flexibility index (Phi) is 4.31. The van der Waals surface area contributed by atoms with E-state index in [0.717, 1.165) is 30.5 Å². The monoisotopic (exact) mass is 314 g/mol. The molecule has 5 nitrogen and oxygen atoms in total. The maximum Gasteiger partial charge on any atom is 0.155 e. The van der Waals surface area contributed by atoms with Gasteiger partial charge >= 0.3 is 0 Å². The van der Waals surface area contributed by atoms with Crippen LogP contribution in [0.1, 0.15) is 49.5 Å². The Balaban J connectivity index is 1.55. The Morgan fingerprint density at radius 2 is 2.09 bits per heavy atom. The normalized spacial score (nSPS) is 24.3. The second-order valence-corrected chi connectivity index (χ2v) is 7.00. The number of piperidine rings is 1. The van der Waals surface area contributed by atoms with Crippen molar-refractivity contribution in [3.05, 3.63) is 29.7 Å². The van der Waals surface area contributed by atoms with E-state index in [1.54, 1.807) is 0 Å². The summed E-state index contributed by atoms with van der Waals surface area (Å²) in [6.07, 6.45) is 8.31. The molecule has 4 heterocycles. The van der Waals surface area contributed by atoms with E-state index in [4.69, 9.17) is 9.72 Å². The van der Waals surface area contributed by atoms with Gasteiger partial charge in [0.15, 0.2) is 5.65 Å². The SMILES string of the molecule is Cc1cc2nc([C@@H]3CCCCN3CC3CCOCC3)ccn2n1. The number of rotatable bonds is 3. The van der Waals surface area contributed by atoms with Crippen LogP contribution in [-0.2, 0) is 4.74 Å². The molecule has 2 aliphatic heterocycles. The van der Waals surface area contributed by atoms with E-state index in [1.165, 1.54) is 50.9 Å². The van der Waals surface area contributed by atoms with Gasteiger partial charge in [0.25, 0.3) is 0 Å². The molecule has 124 valence electrons. The molecule has 0 unspecified atom stereocenters. The van der Waals surface area contributed by atoms with Crippen LogP contribution in [0.15, 0.2) is 18.3 Å². The van der Waals surface area contributed by atoms with Crippen molar-refractivity contribution in [2.45, 2.75) is 45.1 Å². The third-order valence-electron chi connectivity index (χ3n) is 5.26. The van der Waals surface area contributed by atoms with E-state index in [2.05, 4.69) is 28.3 Å². The highest BCUT2D eigenvalue weighted by molar-refractivity contribution is 5.39. The summed E-state index contributed by atoms with van der Waals surface area (Å²) in [4.78, 5) is 7.57. The van der Waals surface area contributed by atoms with Gasteiger partial charge in [0.1, 0.15) is 0 Å². The Morgan fingerprint density at radius 3 is 2.96 bits per heavy atom. The third-order valence-corrected chi connectivity index (χ3v) is 5.26. The first kappa shape index (κ1) is 15.1. The van der Waals surface area contributed by atoms with Gasteiger partial charge in [-0.05, 0) is 51.1 Å². The molecule has 0 radical (unpaired) electrons. The summed E-state index contributed by atoms with van der Waals surface area (Å²) in [5.74, 6) is 0.783. The number of fused-ring (bicyclic) bond motifs is 1. The molecule has 5 heteroatoms. The van der Waals surface area contributed by atoms with Gasteiger partial charge in [-0.2, -0.15) is 5.10 Å². The number of hydrogen-bond donors (Lipinski definition) is 0.